The second-order valence-electron chi connectivity index (χ2n) is 6.08. The van der Waals surface area contributed by atoms with Crippen molar-refractivity contribution in [3.63, 3.8) is 0 Å². The normalized spacial score (nSPS) is 14.0. The quantitative estimate of drug-likeness (QED) is 0.232. The zero-order valence-corrected chi connectivity index (χ0v) is 15.8. The highest BCUT2D eigenvalue weighted by Crippen LogP contribution is 2.30. The summed E-state index contributed by atoms with van der Waals surface area (Å²) < 4.78 is 10.1. The van der Waals surface area contributed by atoms with E-state index in [0.29, 0.717) is 5.57 Å². The fourth-order valence-electron chi connectivity index (χ4n) is 2.31. The first-order chi connectivity index (χ1) is 11.3. The molecule has 0 radical (unpaired) electrons. The Morgan fingerprint density at radius 2 is 1.58 bits per heavy atom. The average molecular weight is 340 g/mol. The number of hydrogen-bond donors (Lipinski definition) is 0. The zero-order chi connectivity index (χ0) is 18.6. The molecule has 24 heavy (non-hydrogen) atoms. The fourth-order valence-corrected chi connectivity index (χ4v) is 2.31. The van der Waals surface area contributed by atoms with Gasteiger partial charge in [-0.25, -0.2) is 4.79 Å². The van der Waals surface area contributed by atoms with Crippen LogP contribution in [0.3, 0.4) is 0 Å². The lowest BCUT2D eigenvalue weighted by molar-refractivity contribution is -0.158. The van der Waals surface area contributed by atoms with E-state index in [9.17, 15) is 14.4 Å². The van der Waals surface area contributed by atoms with Gasteiger partial charge >= 0.3 is 11.9 Å². The topological polar surface area (TPSA) is 69.7 Å². The Morgan fingerprint density at radius 3 is 2.08 bits per heavy atom. The molecule has 0 saturated heterocycles. The van der Waals surface area contributed by atoms with E-state index in [-0.39, 0.29) is 25.4 Å². The minimum Gasteiger partial charge on any atom is -0.465 e. The summed E-state index contributed by atoms with van der Waals surface area (Å²) in [4.78, 5) is 36.4. The van der Waals surface area contributed by atoms with Gasteiger partial charge in [-0.05, 0) is 40.5 Å². The summed E-state index contributed by atoms with van der Waals surface area (Å²) in [6.45, 7) is 8.87. The molecule has 0 aliphatic carbocycles. The van der Waals surface area contributed by atoms with Gasteiger partial charge in [0.2, 0.25) is 0 Å². The largest absolute Gasteiger partial charge is 0.465 e. The van der Waals surface area contributed by atoms with Crippen LogP contribution < -0.4 is 0 Å². The summed E-state index contributed by atoms with van der Waals surface area (Å²) in [6, 6.07) is 0. The smallest absolute Gasteiger partial charge is 0.333 e. The summed E-state index contributed by atoms with van der Waals surface area (Å²) in [5.74, 6) is -1.38. The maximum atomic E-state index is 12.2. The second-order valence-corrected chi connectivity index (χ2v) is 6.08. The van der Waals surface area contributed by atoms with Gasteiger partial charge in [-0.3, -0.25) is 9.59 Å². The Bertz CT molecular complexity index is 453. The van der Waals surface area contributed by atoms with Crippen LogP contribution in [-0.2, 0) is 23.9 Å². The number of ketones is 1. The second kappa shape index (κ2) is 11.8. The number of unbranched alkanes of at least 4 members (excludes halogenated alkanes) is 4. The van der Waals surface area contributed by atoms with Gasteiger partial charge in [-0.2, -0.15) is 0 Å². The van der Waals surface area contributed by atoms with E-state index in [1.807, 2.05) is 0 Å². The SMILES string of the molecule is CCCCCCC=C(CC(C)(C(C)=O)C(=O)OCC)C(=O)OCC. The standard InChI is InChI=1S/C19H32O5/c1-6-9-10-11-12-13-16(17(21)23-7-2)14-19(5,15(4)20)18(22)24-8-3/h13H,6-12,14H2,1-5H3. The van der Waals surface area contributed by atoms with E-state index in [1.165, 1.54) is 13.8 Å². The predicted molar refractivity (Wildman–Crippen MR) is 93.5 cm³/mol. The first kappa shape index (κ1) is 22.4. The third-order valence-corrected chi connectivity index (χ3v) is 4.03. The highest BCUT2D eigenvalue weighted by molar-refractivity contribution is 6.04. The van der Waals surface area contributed by atoms with Crippen molar-refractivity contribution < 1.29 is 23.9 Å². The Balaban J connectivity index is 5.24. The number of ether oxygens (including phenoxy) is 2. The van der Waals surface area contributed by atoms with Crippen LogP contribution in [0.5, 0.6) is 0 Å². The fraction of sp³-hybridized carbons (Fsp3) is 0.737. The molecule has 0 saturated carbocycles. The number of carbonyl (C=O) groups excluding carboxylic acids is 3. The maximum absolute atomic E-state index is 12.2. The van der Waals surface area contributed by atoms with Crippen molar-refractivity contribution in [3.8, 4) is 0 Å². The number of rotatable bonds is 12. The molecule has 5 heteroatoms. The maximum Gasteiger partial charge on any atom is 0.333 e. The van der Waals surface area contributed by atoms with Crippen molar-refractivity contribution in [1.82, 2.24) is 0 Å². The van der Waals surface area contributed by atoms with Gasteiger partial charge in [-0.15, -0.1) is 0 Å². The minimum atomic E-state index is -1.36. The predicted octanol–water partition coefficient (Wildman–Crippen LogP) is 3.99. The summed E-state index contributed by atoms with van der Waals surface area (Å²) in [7, 11) is 0. The van der Waals surface area contributed by atoms with E-state index >= 15 is 0 Å². The molecule has 0 N–H and O–H groups in total. The molecule has 0 aromatic heterocycles. The number of allylic oxidation sites excluding steroid dienone is 1. The van der Waals surface area contributed by atoms with Crippen LogP contribution >= 0.6 is 0 Å². The van der Waals surface area contributed by atoms with Crippen LogP contribution in [0.1, 0.15) is 73.1 Å². The van der Waals surface area contributed by atoms with E-state index in [1.54, 1.807) is 19.9 Å². The molecule has 0 amide bonds. The lowest BCUT2D eigenvalue weighted by atomic mass is 9.79. The highest BCUT2D eigenvalue weighted by Gasteiger charge is 2.41. The molecule has 5 nitrogen and oxygen atoms in total. The third kappa shape index (κ3) is 7.28. The Hall–Kier alpha value is -1.65. The minimum absolute atomic E-state index is 0.00772. The van der Waals surface area contributed by atoms with Crippen molar-refractivity contribution in [1.29, 1.82) is 0 Å². The van der Waals surface area contributed by atoms with Crippen molar-refractivity contribution in [2.24, 2.45) is 5.41 Å². The Kier molecular flexibility index (Phi) is 11.0. The van der Waals surface area contributed by atoms with Crippen LogP contribution in [0.4, 0.5) is 0 Å². The number of carbonyl (C=O) groups is 3. The molecule has 0 heterocycles. The van der Waals surface area contributed by atoms with Crippen LogP contribution in [0.15, 0.2) is 11.6 Å². The van der Waals surface area contributed by atoms with Gasteiger partial charge in [0.1, 0.15) is 11.2 Å². The summed E-state index contributed by atoms with van der Waals surface area (Å²) >= 11 is 0. The summed E-state index contributed by atoms with van der Waals surface area (Å²) in [5, 5.41) is 0. The van der Waals surface area contributed by atoms with E-state index < -0.39 is 17.4 Å². The van der Waals surface area contributed by atoms with Gasteiger partial charge in [0.25, 0.3) is 0 Å². The van der Waals surface area contributed by atoms with Crippen LogP contribution in [0, 0.1) is 5.41 Å². The lowest BCUT2D eigenvalue weighted by Gasteiger charge is -2.25. The van der Waals surface area contributed by atoms with Crippen molar-refractivity contribution in [2.75, 3.05) is 13.2 Å². The number of esters is 2. The van der Waals surface area contributed by atoms with Gasteiger partial charge in [-0.1, -0.05) is 32.3 Å². The van der Waals surface area contributed by atoms with Crippen molar-refractivity contribution in [3.05, 3.63) is 11.6 Å². The van der Waals surface area contributed by atoms with Crippen LogP contribution in [-0.4, -0.2) is 30.9 Å². The Morgan fingerprint density at radius 1 is 0.958 bits per heavy atom. The Labute approximate surface area is 145 Å². The first-order valence-electron chi connectivity index (χ1n) is 8.87. The lowest BCUT2D eigenvalue weighted by Crippen LogP contribution is -2.38. The van der Waals surface area contributed by atoms with Gasteiger partial charge < -0.3 is 9.47 Å². The molecule has 1 atom stereocenters. The van der Waals surface area contributed by atoms with Crippen molar-refractivity contribution >= 4 is 17.7 Å². The van der Waals surface area contributed by atoms with Crippen LogP contribution in [0.2, 0.25) is 0 Å². The van der Waals surface area contributed by atoms with Gasteiger partial charge in [0, 0.05) is 12.0 Å². The molecular weight excluding hydrogens is 308 g/mol. The molecule has 138 valence electrons. The molecule has 0 aliphatic rings. The molecular formula is C19H32O5. The van der Waals surface area contributed by atoms with Crippen LogP contribution in [0.25, 0.3) is 0 Å². The third-order valence-electron chi connectivity index (χ3n) is 4.03. The highest BCUT2D eigenvalue weighted by atomic mass is 16.5. The zero-order valence-electron chi connectivity index (χ0n) is 15.8. The molecule has 1 unspecified atom stereocenters. The summed E-state index contributed by atoms with van der Waals surface area (Å²) in [6.07, 6.45) is 6.88. The molecule has 0 aromatic carbocycles. The molecule has 0 bridgehead atoms. The average Bonchev–Trinajstić information content (AvgIpc) is 2.53. The molecule has 0 fully saturated rings. The summed E-state index contributed by atoms with van der Waals surface area (Å²) in [5.41, 5.74) is -0.989. The molecule has 0 spiro atoms. The van der Waals surface area contributed by atoms with E-state index in [2.05, 4.69) is 6.92 Å². The molecule has 0 aromatic rings. The van der Waals surface area contributed by atoms with Gasteiger partial charge in [0.05, 0.1) is 13.2 Å². The first-order valence-corrected chi connectivity index (χ1v) is 8.87. The number of Topliss-reactive ketones (excluding diaryl/α,β-unsaturated/α-hetero) is 1. The molecule has 0 rings (SSSR count). The number of hydrogen-bond acceptors (Lipinski definition) is 5. The monoisotopic (exact) mass is 340 g/mol. The van der Waals surface area contributed by atoms with Crippen molar-refractivity contribution in [2.45, 2.75) is 73.1 Å². The van der Waals surface area contributed by atoms with Gasteiger partial charge in [0.15, 0.2) is 0 Å². The molecule has 0 aliphatic heterocycles. The van der Waals surface area contributed by atoms with E-state index in [4.69, 9.17) is 9.47 Å². The van der Waals surface area contributed by atoms with E-state index in [0.717, 1.165) is 32.1 Å².